The second-order valence-electron chi connectivity index (χ2n) is 9.10. The molecule has 36 heavy (non-hydrogen) atoms. The Morgan fingerprint density at radius 1 is 0.889 bits per heavy atom. The lowest BCUT2D eigenvalue weighted by Gasteiger charge is -2.33. The van der Waals surface area contributed by atoms with Gasteiger partial charge in [-0.25, -0.2) is 4.90 Å². The molecule has 0 spiro atoms. The number of rotatable bonds is 3. The molecule has 4 heterocycles. The Balaban J connectivity index is 1.32. The van der Waals surface area contributed by atoms with E-state index in [1.54, 1.807) is 41.6 Å². The van der Waals surface area contributed by atoms with Crippen LogP contribution >= 0.6 is 0 Å². The van der Waals surface area contributed by atoms with Gasteiger partial charge in [0, 0.05) is 11.8 Å². The zero-order chi connectivity index (χ0) is 24.4. The fourth-order valence-electron chi connectivity index (χ4n) is 5.68. The molecule has 1 N–H and O–H groups in total. The van der Waals surface area contributed by atoms with Crippen molar-refractivity contribution in [2.75, 3.05) is 17.0 Å². The average Bonchev–Trinajstić information content (AvgIpc) is 3.57. The van der Waals surface area contributed by atoms with Crippen LogP contribution in [0.4, 0.5) is 11.4 Å². The molecule has 4 aliphatic heterocycles. The van der Waals surface area contributed by atoms with Gasteiger partial charge in [0.1, 0.15) is 6.04 Å². The highest BCUT2D eigenvalue weighted by atomic mass is 16.7. The van der Waals surface area contributed by atoms with Crippen LogP contribution in [0, 0.1) is 11.8 Å². The first kappa shape index (κ1) is 20.7. The number of benzene rings is 3. The first-order valence-corrected chi connectivity index (χ1v) is 11.7. The van der Waals surface area contributed by atoms with Gasteiger partial charge in [0.25, 0.3) is 0 Å². The van der Waals surface area contributed by atoms with E-state index >= 15 is 0 Å². The number of imide groups is 1. The Morgan fingerprint density at radius 2 is 1.64 bits per heavy atom. The Hall–Kier alpha value is -4.66. The second kappa shape index (κ2) is 7.67. The van der Waals surface area contributed by atoms with Crippen LogP contribution in [0.1, 0.15) is 17.2 Å². The molecular formula is C27H20N4O5. The topological polar surface area (TPSA) is 101 Å². The Labute approximate surface area is 205 Å². The fraction of sp³-hybridized carbons (Fsp3) is 0.185. The summed E-state index contributed by atoms with van der Waals surface area (Å²) in [5.74, 6) is -1.82. The minimum Gasteiger partial charge on any atom is -0.454 e. The normalized spacial score (nSPS) is 25.0. The molecule has 4 atom stereocenters. The molecule has 0 radical (unpaired) electrons. The molecule has 9 nitrogen and oxygen atoms in total. The Morgan fingerprint density at radius 3 is 2.50 bits per heavy atom. The van der Waals surface area contributed by atoms with Gasteiger partial charge in [-0.3, -0.25) is 19.4 Å². The summed E-state index contributed by atoms with van der Waals surface area (Å²) in [7, 11) is 0. The fourth-order valence-corrected chi connectivity index (χ4v) is 5.68. The zero-order valence-corrected chi connectivity index (χ0v) is 18.9. The standard InChI is InChI=1S/C27H20N4O5/c32-25(29-16-7-2-1-3-8-16)24-22-21(23-18-9-5-4-6-15(18)13-28-31(23)24)26(33)30(27(22)34)17-10-11-19-20(12-17)36-14-35-19/h1-13,21-24H,14H2,(H,29,32)/t21-,22-,23+,24+/m1/s1. The third-order valence-electron chi connectivity index (χ3n) is 7.22. The molecule has 0 aromatic heterocycles. The summed E-state index contributed by atoms with van der Waals surface area (Å²) in [5, 5.41) is 9.09. The van der Waals surface area contributed by atoms with Crippen LogP contribution in [0.25, 0.3) is 0 Å². The van der Waals surface area contributed by atoms with E-state index in [0.717, 1.165) is 11.1 Å². The molecule has 178 valence electrons. The van der Waals surface area contributed by atoms with Crippen LogP contribution in [-0.2, 0) is 14.4 Å². The van der Waals surface area contributed by atoms with E-state index in [9.17, 15) is 14.4 Å². The lowest BCUT2D eigenvalue weighted by Crippen LogP contribution is -2.46. The molecule has 0 saturated carbocycles. The van der Waals surface area contributed by atoms with Crippen molar-refractivity contribution in [3.63, 3.8) is 0 Å². The molecule has 3 aromatic carbocycles. The highest BCUT2D eigenvalue weighted by Crippen LogP contribution is 2.53. The molecule has 0 bridgehead atoms. The monoisotopic (exact) mass is 480 g/mol. The van der Waals surface area contributed by atoms with E-state index in [1.807, 2.05) is 42.5 Å². The Bertz CT molecular complexity index is 1460. The van der Waals surface area contributed by atoms with E-state index in [4.69, 9.17) is 9.47 Å². The Kier molecular flexibility index (Phi) is 4.41. The lowest BCUT2D eigenvalue weighted by atomic mass is 9.85. The van der Waals surface area contributed by atoms with Crippen LogP contribution in [0.15, 0.2) is 77.9 Å². The molecule has 2 saturated heterocycles. The average molecular weight is 480 g/mol. The second-order valence-corrected chi connectivity index (χ2v) is 9.10. The molecule has 3 aromatic rings. The van der Waals surface area contributed by atoms with E-state index in [1.165, 1.54) is 4.90 Å². The summed E-state index contributed by atoms with van der Waals surface area (Å²) < 4.78 is 10.8. The van der Waals surface area contributed by atoms with E-state index in [-0.39, 0.29) is 18.6 Å². The van der Waals surface area contributed by atoms with Gasteiger partial charge in [0.15, 0.2) is 11.5 Å². The number of anilines is 2. The van der Waals surface area contributed by atoms with Gasteiger partial charge in [-0.1, -0.05) is 42.5 Å². The predicted molar refractivity (Wildman–Crippen MR) is 130 cm³/mol. The number of hydrazone groups is 1. The number of ether oxygens (including phenoxy) is 2. The van der Waals surface area contributed by atoms with Gasteiger partial charge in [-0.15, -0.1) is 0 Å². The van der Waals surface area contributed by atoms with Gasteiger partial charge >= 0.3 is 0 Å². The van der Waals surface area contributed by atoms with E-state index in [2.05, 4.69) is 10.4 Å². The number of amides is 3. The SMILES string of the molecule is O=C(Nc1ccccc1)[C@@H]1[C@@H]2C(=O)N(c3ccc4c(c3)OCO4)C(=O)[C@H]2[C@@H]2c3ccccc3C=NN12. The van der Waals surface area contributed by atoms with Gasteiger partial charge in [-0.2, -0.15) is 5.10 Å². The quantitative estimate of drug-likeness (QED) is 0.579. The van der Waals surface area contributed by atoms with Crippen LogP contribution in [-0.4, -0.2) is 41.8 Å². The maximum absolute atomic E-state index is 13.9. The smallest absolute Gasteiger partial charge is 0.249 e. The molecule has 0 unspecified atom stereocenters. The van der Waals surface area contributed by atoms with E-state index < -0.39 is 29.8 Å². The summed E-state index contributed by atoms with van der Waals surface area (Å²) in [6.07, 6.45) is 1.68. The first-order chi connectivity index (χ1) is 17.6. The lowest BCUT2D eigenvalue weighted by molar-refractivity contribution is -0.129. The molecule has 9 heteroatoms. The van der Waals surface area contributed by atoms with Crippen LogP contribution < -0.4 is 19.7 Å². The summed E-state index contributed by atoms with van der Waals surface area (Å²) in [4.78, 5) is 42.6. The predicted octanol–water partition coefficient (Wildman–Crippen LogP) is 2.93. The minimum absolute atomic E-state index is 0.0828. The highest BCUT2D eigenvalue weighted by Gasteiger charge is 2.65. The summed E-state index contributed by atoms with van der Waals surface area (Å²) in [6.45, 7) is 0.0828. The highest BCUT2D eigenvalue weighted by molar-refractivity contribution is 6.24. The number of hydrogen-bond acceptors (Lipinski definition) is 7. The van der Waals surface area contributed by atoms with Crippen LogP contribution in [0.2, 0.25) is 0 Å². The van der Waals surface area contributed by atoms with Crippen molar-refractivity contribution in [3.8, 4) is 11.5 Å². The van der Waals surface area contributed by atoms with E-state index in [0.29, 0.717) is 22.9 Å². The summed E-state index contributed by atoms with van der Waals surface area (Å²) in [6, 6.07) is 20.1. The van der Waals surface area contributed by atoms with Crippen LogP contribution in [0.5, 0.6) is 11.5 Å². The molecular weight excluding hydrogens is 460 g/mol. The van der Waals surface area contributed by atoms with Crippen molar-refractivity contribution in [2.45, 2.75) is 12.1 Å². The van der Waals surface area contributed by atoms with Gasteiger partial charge in [0.05, 0.1) is 29.8 Å². The summed E-state index contributed by atoms with van der Waals surface area (Å²) in [5.41, 5.74) is 2.73. The molecule has 3 amide bonds. The van der Waals surface area contributed by atoms with Crippen molar-refractivity contribution in [2.24, 2.45) is 16.9 Å². The third kappa shape index (κ3) is 2.89. The number of hydrogen-bond donors (Lipinski definition) is 1. The van der Waals surface area contributed by atoms with Crippen LogP contribution in [0.3, 0.4) is 0 Å². The summed E-state index contributed by atoms with van der Waals surface area (Å²) >= 11 is 0. The third-order valence-corrected chi connectivity index (χ3v) is 7.22. The van der Waals surface area contributed by atoms with Crippen molar-refractivity contribution < 1.29 is 23.9 Å². The van der Waals surface area contributed by atoms with Gasteiger partial charge in [0.2, 0.25) is 24.5 Å². The van der Waals surface area contributed by atoms with Gasteiger partial charge in [-0.05, 0) is 35.4 Å². The minimum atomic E-state index is -0.958. The number of fused-ring (bicyclic) bond motifs is 6. The van der Waals surface area contributed by atoms with Crippen molar-refractivity contribution >= 4 is 35.3 Å². The number of nitrogens with zero attached hydrogens (tertiary/aromatic N) is 3. The molecule has 0 aliphatic carbocycles. The van der Waals surface area contributed by atoms with Crippen molar-refractivity contribution in [3.05, 3.63) is 83.9 Å². The maximum atomic E-state index is 13.9. The number of nitrogens with one attached hydrogen (secondary N) is 1. The molecule has 2 fully saturated rings. The number of para-hydroxylation sites is 1. The molecule has 4 aliphatic rings. The first-order valence-electron chi connectivity index (χ1n) is 11.7. The molecule has 7 rings (SSSR count). The largest absolute Gasteiger partial charge is 0.454 e. The zero-order valence-electron chi connectivity index (χ0n) is 18.9. The number of carbonyl (C=O) groups is 3. The number of carbonyl (C=O) groups excluding carboxylic acids is 3. The van der Waals surface area contributed by atoms with Gasteiger partial charge < -0.3 is 14.8 Å². The van der Waals surface area contributed by atoms with Crippen molar-refractivity contribution in [1.82, 2.24) is 5.01 Å². The maximum Gasteiger partial charge on any atom is 0.249 e. The van der Waals surface area contributed by atoms with Crippen molar-refractivity contribution in [1.29, 1.82) is 0 Å².